The third-order valence-electron chi connectivity index (χ3n) is 3.18. The molecule has 0 fully saturated rings. The molecule has 1 aromatic carbocycles. The third-order valence-corrected chi connectivity index (χ3v) is 3.18. The van der Waals surface area contributed by atoms with Crippen molar-refractivity contribution >= 4 is 17.7 Å². The first-order valence-electron chi connectivity index (χ1n) is 7.33. The Labute approximate surface area is 141 Å². The van der Waals surface area contributed by atoms with E-state index in [1.165, 1.54) is 13.8 Å². The minimum Gasteiger partial charge on any atom is -0.463 e. The van der Waals surface area contributed by atoms with Crippen molar-refractivity contribution in [2.24, 2.45) is 0 Å². The molecule has 1 rings (SSSR count). The molecular weight excluding hydrogens is 345 g/mol. The maximum atomic E-state index is 12.5. The molecule has 0 bridgehead atoms. The molecule has 0 unspecified atom stereocenters. The van der Waals surface area contributed by atoms with Crippen molar-refractivity contribution in [1.29, 1.82) is 0 Å². The van der Waals surface area contributed by atoms with Gasteiger partial charge in [0.05, 0.1) is 25.2 Å². The quantitative estimate of drug-likeness (QED) is 0.454. The van der Waals surface area contributed by atoms with E-state index in [1.807, 2.05) is 0 Å². The minimum absolute atomic E-state index is 0.158. The summed E-state index contributed by atoms with van der Waals surface area (Å²) >= 11 is 0. The molecule has 1 N–H and O–H groups in total. The van der Waals surface area contributed by atoms with Crippen LogP contribution in [0.2, 0.25) is 0 Å². The van der Waals surface area contributed by atoms with E-state index in [0.717, 1.165) is 12.1 Å². The molecule has 0 aliphatic rings. The van der Waals surface area contributed by atoms with Crippen LogP contribution in [-0.2, 0) is 25.2 Å². The van der Waals surface area contributed by atoms with Gasteiger partial charge >= 0.3 is 18.1 Å². The summed E-state index contributed by atoms with van der Waals surface area (Å²) in [7, 11) is 0. The Morgan fingerprint density at radius 3 is 1.76 bits per heavy atom. The van der Waals surface area contributed by atoms with Gasteiger partial charge < -0.3 is 14.6 Å². The van der Waals surface area contributed by atoms with Crippen LogP contribution in [0.3, 0.4) is 0 Å². The maximum absolute atomic E-state index is 12.5. The van der Waals surface area contributed by atoms with Crippen LogP contribution in [0.4, 0.5) is 13.2 Å². The van der Waals surface area contributed by atoms with Crippen molar-refractivity contribution in [3.63, 3.8) is 0 Å². The Balaban J connectivity index is 3.05. The fraction of sp³-hybridized carbons (Fsp3) is 0.438. The van der Waals surface area contributed by atoms with Crippen molar-refractivity contribution in [3.05, 3.63) is 35.4 Å². The van der Waals surface area contributed by atoms with Crippen molar-refractivity contribution in [2.45, 2.75) is 32.0 Å². The molecule has 0 spiro atoms. The molecule has 0 aliphatic heterocycles. The number of carbonyl (C=O) groups excluding carboxylic acids is 3. The highest BCUT2D eigenvalue weighted by Crippen LogP contribution is 2.29. The molecule has 0 aliphatic carbocycles. The highest BCUT2D eigenvalue weighted by molar-refractivity contribution is 6.10. The van der Waals surface area contributed by atoms with Crippen LogP contribution in [0.5, 0.6) is 0 Å². The summed E-state index contributed by atoms with van der Waals surface area (Å²) in [6, 6.07) is 3.14. The summed E-state index contributed by atoms with van der Waals surface area (Å²) < 4.78 is 46.7. The average molecular weight is 362 g/mol. The lowest BCUT2D eigenvalue weighted by molar-refractivity contribution is -0.182. The predicted molar refractivity (Wildman–Crippen MR) is 78.6 cm³/mol. The first-order valence-corrected chi connectivity index (χ1v) is 7.33. The van der Waals surface area contributed by atoms with Gasteiger partial charge in [-0.1, -0.05) is 12.1 Å². The minimum atomic E-state index is -4.57. The van der Waals surface area contributed by atoms with Crippen molar-refractivity contribution < 1.29 is 42.1 Å². The number of benzene rings is 1. The molecule has 6 nitrogen and oxygen atoms in total. The number of hydrogen-bond acceptors (Lipinski definition) is 6. The first-order chi connectivity index (χ1) is 11.6. The van der Waals surface area contributed by atoms with E-state index in [4.69, 9.17) is 0 Å². The summed E-state index contributed by atoms with van der Waals surface area (Å²) in [5.41, 5.74) is -4.04. The van der Waals surface area contributed by atoms with Gasteiger partial charge in [-0.05, 0) is 26.0 Å². The molecule has 25 heavy (non-hydrogen) atoms. The van der Waals surface area contributed by atoms with Crippen molar-refractivity contribution in [1.82, 2.24) is 0 Å². The fourth-order valence-corrected chi connectivity index (χ4v) is 1.91. The number of ketones is 1. The second-order valence-corrected chi connectivity index (χ2v) is 4.98. The van der Waals surface area contributed by atoms with Gasteiger partial charge in [0.15, 0.2) is 5.78 Å². The van der Waals surface area contributed by atoms with Gasteiger partial charge in [0.1, 0.15) is 0 Å². The molecule has 0 radical (unpaired) electrons. The Morgan fingerprint density at radius 1 is 0.960 bits per heavy atom. The summed E-state index contributed by atoms with van der Waals surface area (Å²) in [6.07, 6.45) is -5.59. The molecule has 0 heterocycles. The van der Waals surface area contributed by atoms with Crippen LogP contribution in [0.25, 0.3) is 0 Å². The second-order valence-electron chi connectivity index (χ2n) is 4.98. The van der Waals surface area contributed by atoms with Crippen molar-refractivity contribution in [2.75, 3.05) is 13.2 Å². The van der Waals surface area contributed by atoms with Crippen molar-refractivity contribution in [3.8, 4) is 0 Å². The standard InChI is InChI=1S/C16H17F3O6/c1-3-24-13(21)15(23,14(22)25-4-2)9-12(20)10-5-7-11(8-6-10)16(17,18)19/h5-8,23H,3-4,9H2,1-2H3. The van der Waals surface area contributed by atoms with Crippen LogP contribution in [0.1, 0.15) is 36.2 Å². The number of alkyl halides is 3. The number of halogens is 3. The summed E-state index contributed by atoms with van der Waals surface area (Å²) in [5.74, 6) is -3.65. The highest BCUT2D eigenvalue weighted by Gasteiger charge is 2.49. The number of ether oxygens (including phenoxy) is 2. The van der Waals surface area contributed by atoms with E-state index in [0.29, 0.717) is 12.1 Å². The number of carbonyl (C=O) groups is 3. The predicted octanol–water partition coefficient (Wildman–Crippen LogP) is 2.14. The number of rotatable bonds is 7. The Hall–Kier alpha value is -2.42. The normalized spacial score (nSPS) is 11.8. The monoisotopic (exact) mass is 362 g/mol. The van der Waals surface area contributed by atoms with Gasteiger partial charge in [-0.15, -0.1) is 0 Å². The van der Waals surface area contributed by atoms with Gasteiger partial charge in [0, 0.05) is 5.56 Å². The zero-order valence-electron chi connectivity index (χ0n) is 13.6. The fourth-order valence-electron chi connectivity index (χ4n) is 1.91. The van der Waals surface area contributed by atoms with E-state index in [1.54, 1.807) is 0 Å². The summed E-state index contributed by atoms with van der Waals surface area (Å²) in [6.45, 7) is 2.55. The smallest absolute Gasteiger partial charge is 0.416 e. The lowest BCUT2D eigenvalue weighted by Gasteiger charge is -2.22. The Bertz CT molecular complexity index is 618. The maximum Gasteiger partial charge on any atom is 0.416 e. The van der Waals surface area contributed by atoms with Crippen LogP contribution < -0.4 is 0 Å². The molecule has 138 valence electrons. The van der Waals surface area contributed by atoms with Gasteiger partial charge in [0.25, 0.3) is 5.60 Å². The molecule has 9 heteroatoms. The molecular formula is C16H17F3O6. The molecule has 0 aromatic heterocycles. The van der Waals surface area contributed by atoms with E-state index in [-0.39, 0.29) is 18.8 Å². The van der Waals surface area contributed by atoms with Crippen LogP contribution in [-0.4, -0.2) is 41.6 Å². The van der Waals surface area contributed by atoms with E-state index in [9.17, 15) is 32.7 Å². The highest BCUT2D eigenvalue weighted by atomic mass is 19.4. The van der Waals surface area contributed by atoms with Crippen LogP contribution in [0, 0.1) is 0 Å². The molecule has 0 saturated heterocycles. The lowest BCUT2D eigenvalue weighted by atomic mass is 9.93. The number of aliphatic hydroxyl groups is 1. The number of esters is 2. The molecule has 0 saturated carbocycles. The van der Waals surface area contributed by atoms with Crippen LogP contribution >= 0.6 is 0 Å². The Kier molecular flexibility index (Phi) is 6.69. The number of Topliss-reactive ketones (excluding diaryl/α,β-unsaturated/α-hetero) is 1. The average Bonchev–Trinajstić information content (AvgIpc) is 2.54. The zero-order valence-corrected chi connectivity index (χ0v) is 13.6. The largest absolute Gasteiger partial charge is 0.463 e. The van der Waals surface area contributed by atoms with E-state index in [2.05, 4.69) is 9.47 Å². The number of hydrogen-bond donors (Lipinski definition) is 1. The molecule has 1 aromatic rings. The third kappa shape index (κ3) is 5.02. The first kappa shape index (κ1) is 20.6. The second kappa shape index (κ2) is 8.11. The zero-order chi connectivity index (χ0) is 19.3. The lowest BCUT2D eigenvalue weighted by Crippen LogP contribution is -2.50. The van der Waals surface area contributed by atoms with Gasteiger partial charge in [-0.3, -0.25) is 4.79 Å². The SMILES string of the molecule is CCOC(=O)C(O)(CC(=O)c1ccc(C(F)(F)F)cc1)C(=O)OCC. The summed E-state index contributed by atoms with van der Waals surface area (Å²) in [4.78, 5) is 35.9. The van der Waals surface area contributed by atoms with Gasteiger partial charge in [-0.2, -0.15) is 13.2 Å². The Morgan fingerprint density at radius 2 is 1.40 bits per heavy atom. The van der Waals surface area contributed by atoms with Gasteiger partial charge in [-0.25, -0.2) is 9.59 Å². The van der Waals surface area contributed by atoms with E-state index < -0.39 is 41.5 Å². The summed E-state index contributed by atoms with van der Waals surface area (Å²) in [5, 5.41) is 10.3. The van der Waals surface area contributed by atoms with Crippen LogP contribution in [0.15, 0.2) is 24.3 Å². The molecule has 0 amide bonds. The van der Waals surface area contributed by atoms with Gasteiger partial charge in [0.2, 0.25) is 0 Å². The topological polar surface area (TPSA) is 89.9 Å². The molecule has 0 atom stereocenters. The van der Waals surface area contributed by atoms with E-state index >= 15 is 0 Å².